The fourth-order valence-corrected chi connectivity index (χ4v) is 2.34. The number of ether oxygens (including phenoxy) is 1. The van der Waals surface area contributed by atoms with Crippen LogP contribution in [0.25, 0.3) is 0 Å². The van der Waals surface area contributed by atoms with Gasteiger partial charge in [-0.25, -0.2) is 0 Å². The summed E-state index contributed by atoms with van der Waals surface area (Å²) in [6, 6.07) is 13.2. The standard InChI is InChI=1S/C16H17ClO2/c1-3-11-6-4-5-7-13(11)16(18)12-8-9-14(17)15(10-12)19-2/h4-10,16,18H,3H2,1-2H3. The van der Waals surface area contributed by atoms with Gasteiger partial charge in [-0.1, -0.05) is 48.9 Å². The molecule has 2 aromatic carbocycles. The molecule has 0 aromatic heterocycles. The molecule has 0 saturated carbocycles. The zero-order valence-corrected chi connectivity index (χ0v) is 11.8. The third-order valence-corrected chi connectivity index (χ3v) is 3.53. The van der Waals surface area contributed by atoms with Crippen molar-refractivity contribution in [3.63, 3.8) is 0 Å². The monoisotopic (exact) mass is 276 g/mol. The van der Waals surface area contributed by atoms with Crippen LogP contribution in [0.3, 0.4) is 0 Å². The molecule has 2 rings (SSSR count). The van der Waals surface area contributed by atoms with Gasteiger partial charge in [0.05, 0.1) is 12.1 Å². The second-order valence-electron chi connectivity index (χ2n) is 4.35. The Morgan fingerprint density at radius 1 is 1.21 bits per heavy atom. The Balaban J connectivity index is 2.41. The van der Waals surface area contributed by atoms with Gasteiger partial charge < -0.3 is 9.84 Å². The van der Waals surface area contributed by atoms with Gasteiger partial charge in [0.25, 0.3) is 0 Å². The van der Waals surface area contributed by atoms with Crippen molar-refractivity contribution >= 4 is 11.6 Å². The Labute approximate surface area is 118 Å². The van der Waals surface area contributed by atoms with Crippen LogP contribution in [0.2, 0.25) is 5.02 Å². The van der Waals surface area contributed by atoms with E-state index in [9.17, 15) is 5.11 Å². The number of aliphatic hydroxyl groups is 1. The molecule has 1 atom stereocenters. The average Bonchev–Trinajstić information content (AvgIpc) is 2.47. The highest BCUT2D eigenvalue weighted by Crippen LogP contribution is 2.31. The molecule has 19 heavy (non-hydrogen) atoms. The minimum atomic E-state index is -0.665. The van der Waals surface area contributed by atoms with Crippen LogP contribution in [0.5, 0.6) is 5.75 Å². The Hall–Kier alpha value is -1.51. The summed E-state index contributed by atoms with van der Waals surface area (Å²) in [6.45, 7) is 2.08. The predicted octanol–water partition coefficient (Wildman–Crippen LogP) is 3.99. The second-order valence-corrected chi connectivity index (χ2v) is 4.76. The number of methoxy groups -OCH3 is 1. The first-order valence-corrected chi connectivity index (χ1v) is 6.64. The van der Waals surface area contributed by atoms with E-state index in [1.807, 2.05) is 30.3 Å². The average molecular weight is 277 g/mol. The van der Waals surface area contributed by atoms with Gasteiger partial charge in [-0.15, -0.1) is 0 Å². The van der Waals surface area contributed by atoms with E-state index in [4.69, 9.17) is 16.3 Å². The van der Waals surface area contributed by atoms with Crippen molar-refractivity contribution in [2.24, 2.45) is 0 Å². The molecule has 1 unspecified atom stereocenters. The number of rotatable bonds is 4. The molecule has 0 bridgehead atoms. The summed E-state index contributed by atoms with van der Waals surface area (Å²) in [5, 5.41) is 11.1. The Bertz CT molecular complexity index is 566. The molecular weight excluding hydrogens is 260 g/mol. The first-order chi connectivity index (χ1) is 9.17. The normalized spacial score (nSPS) is 12.2. The van der Waals surface area contributed by atoms with Crippen molar-refractivity contribution in [1.29, 1.82) is 0 Å². The molecule has 0 aliphatic carbocycles. The zero-order chi connectivity index (χ0) is 13.8. The maximum atomic E-state index is 10.5. The molecule has 3 heteroatoms. The van der Waals surface area contributed by atoms with Crippen LogP contribution in [-0.2, 0) is 6.42 Å². The van der Waals surface area contributed by atoms with Crippen molar-refractivity contribution in [1.82, 2.24) is 0 Å². The molecule has 0 saturated heterocycles. The van der Waals surface area contributed by atoms with E-state index in [0.717, 1.165) is 23.1 Å². The predicted molar refractivity (Wildman–Crippen MR) is 77.9 cm³/mol. The van der Waals surface area contributed by atoms with Gasteiger partial charge >= 0.3 is 0 Å². The number of hydrogen-bond acceptors (Lipinski definition) is 2. The van der Waals surface area contributed by atoms with Gasteiger partial charge in [0, 0.05) is 0 Å². The molecule has 0 fully saturated rings. The number of aryl methyl sites for hydroxylation is 1. The summed E-state index contributed by atoms with van der Waals surface area (Å²) < 4.78 is 5.19. The molecule has 0 radical (unpaired) electrons. The number of aliphatic hydroxyl groups excluding tert-OH is 1. The quantitative estimate of drug-likeness (QED) is 0.915. The minimum absolute atomic E-state index is 0.544. The fraction of sp³-hybridized carbons (Fsp3) is 0.250. The first kappa shape index (κ1) is 13.9. The number of hydrogen-bond donors (Lipinski definition) is 1. The van der Waals surface area contributed by atoms with Crippen LogP contribution in [0.4, 0.5) is 0 Å². The van der Waals surface area contributed by atoms with Crippen molar-refractivity contribution < 1.29 is 9.84 Å². The summed E-state index contributed by atoms with van der Waals surface area (Å²) in [7, 11) is 1.57. The molecule has 0 aliphatic rings. The highest BCUT2D eigenvalue weighted by molar-refractivity contribution is 6.32. The van der Waals surface area contributed by atoms with Crippen LogP contribution in [-0.4, -0.2) is 12.2 Å². The van der Waals surface area contributed by atoms with Crippen molar-refractivity contribution in [3.8, 4) is 5.75 Å². The van der Waals surface area contributed by atoms with E-state index in [1.165, 1.54) is 0 Å². The largest absolute Gasteiger partial charge is 0.495 e. The molecule has 0 heterocycles. The number of halogens is 1. The maximum absolute atomic E-state index is 10.5. The van der Waals surface area contributed by atoms with Crippen molar-refractivity contribution in [3.05, 3.63) is 64.2 Å². The summed E-state index contributed by atoms with van der Waals surface area (Å²) >= 11 is 6.00. The molecule has 0 spiro atoms. The minimum Gasteiger partial charge on any atom is -0.495 e. The van der Waals surface area contributed by atoms with Crippen molar-refractivity contribution in [2.45, 2.75) is 19.4 Å². The summed E-state index contributed by atoms with van der Waals surface area (Å²) in [4.78, 5) is 0. The van der Waals surface area contributed by atoms with Crippen LogP contribution in [0.15, 0.2) is 42.5 Å². The maximum Gasteiger partial charge on any atom is 0.137 e. The highest BCUT2D eigenvalue weighted by atomic mass is 35.5. The smallest absolute Gasteiger partial charge is 0.137 e. The van der Waals surface area contributed by atoms with E-state index in [1.54, 1.807) is 19.2 Å². The van der Waals surface area contributed by atoms with Gasteiger partial charge in [-0.05, 0) is 35.2 Å². The third-order valence-electron chi connectivity index (χ3n) is 3.22. The lowest BCUT2D eigenvalue weighted by Crippen LogP contribution is -2.03. The van der Waals surface area contributed by atoms with Crippen LogP contribution >= 0.6 is 11.6 Å². The highest BCUT2D eigenvalue weighted by Gasteiger charge is 2.15. The molecule has 2 nitrogen and oxygen atoms in total. The molecule has 100 valence electrons. The Kier molecular flexibility index (Phi) is 4.46. The van der Waals surface area contributed by atoms with Gasteiger partial charge in [0.1, 0.15) is 11.9 Å². The first-order valence-electron chi connectivity index (χ1n) is 6.26. The molecule has 0 aliphatic heterocycles. The Morgan fingerprint density at radius 2 is 1.95 bits per heavy atom. The Morgan fingerprint density at radius 3 is 2.63 bits per heavy atom. The third kappa shape index (κ3) is 2.91. The molecule has 1 N–H and O–H groups in total. The van der Waals surface area contributed by atoms with Crippen LogP contribution < -0.4 is 4.74 Å². The molecule has 2 aromatic rings. The lowest BCUT2D eigenvalue weighted by molar-refractivity contribution is 0.218. The summed E-state index contributed by atoms with van der Waals surface area (Å²) in [5.74, 6) is 0.576. The number of benzene rings is 2. The van der Waals surface area contributed by atoms with Gasteiger partial charge in [0.2, 0.25) is 0 Å². The van der Waals surface area contributed by atoms with Crippen LogP contribution in [0.1, 0.15) is 29.7 Å². The van der Waals surface area contributed by atoms with Crippen molar-refractivity contribution in [2.75, 3.05) is 7.11 Å². The fourth-order valence-electron chi connectivity index (χ4n) is 2.15. The van der Waals surface area contributed by atoms with Gasteiger partial charge in [-0.3, -0.25) is 0 Å². The van der Waals surface area contributed by atoms with E-state index in [0.29, 0.717) is 10.8 Å². The molecule has 0 amide bonds. The lowest BCUT2D eigenvalue weighted by atomic mass is 9.95. The van der Waals surface area contributed by atoms with E-state index in [2.05, 4.69) is 6.92 Å². The van der Waals surface area contributed by atoms with Crippen LogP contribution in [0, 0.1) is 0 Å². The second kappa shape index (κ2) is 6.09. The van der Waals surface area contributed by atoms with Gasteiger partial charge in [0.15, 0.2) is 0 Å². The zero-order valence-electron chi connectivity index (χ0n) is 11.1. The summed E-state index contributed by atoms with van der Waals surface area (Å²) in [5.41, 5.74) is 2.85. The van der Waals surface area contributed by atoms with E-state index in [-0.39, 0.29) is 0 Å². The van der Waals surface area contributed by atoms with Gasteiger partial charge in [-0.2, -0.15) is 0 Å². The SMILES string of the molecule is CCc1ccccc1C(O)c1ccc(Cl)c(OC)c1. The lowest BCUT2D eigenvalue weighted by Gasteiger charge is -2.16. The van der Waals surface area contributed by atoms with E-state index >= 15 is 0 Å². The van der Waals surface area contributed by atoms with E-state index < -0.39 is 6.10 Å². The topological polar surface area (TPSA) is 29.5 Å². The summed E-state index contributed by atoms with van der Waals surface area (Å²) in [6.07, 6.45) is 0.222. The molecular formula is C16H17ClO2.